The molecule has 0 aliphatic carbocycles. The van der Waals surface area contributed by atoms with Crippen LogP contribution in [0.5, 0.6) is 0 Å². The standard InChI is InChI=1S/C19H22N2O3S/c1-3-5-6-16(19(23)24)21-17(22)11-15-12-25-18(20-15)14-9-7-13(4-2)8-10-14/h3,7-10,12,16H,1,4-6,11H2,2H3,(H,21,22)(H,23,24). The number of allylic oxidation sites excluding steroid dienone is 1. The molecule has 0 saturated heterocycles. The Labute approximate surface area is 151 Å². The van der Waals surface area contributed by atoms with Gasteiger partial charge in [0.05, 0.1) is 12.1 Å². The van der Waals surface area contributed by atoms with E-state index in [1.54, 1.807) is 6.08 Å². The minimum absolute atomic E-state index is 0.0708. The number of nitrogens with one attached hydrogen (secondary N) is 1. The molecule has 2 aromatic rings. The van der Waals surface area contributed by atoms with Crippen molar-refractivity contribution in [2.45, 2.75) is 38.6 Å². The highest BCUT2D eigenvalue weighted by atomic mass is 32.1. The van der Waals surface area contributed by atoms with Crippen molar-refractivity contribution in [2.24, 2.45) is 0 Å². The summed E-state index contributed by atoms with van der Waals surface area (Å²) in [6.07, 6.45) is 3.56. The quantitative estimate of drug-likeness (QED) is 0.673. The molecular formula is C19H22N2O3S. The second kappa shape index (κ2) is 9.13. The molecule has 2 N–H and O–H groups in total. The number of carboxylic acid groups (broad SMARTS) is 1. The van der Waals surface area contributed by atoms with Crippen LogP contribution in [-0.2, 0) is 22.4 Å². The van der Waals surface area contributed by atoms with Gasteiger partial charge in [-0.25, -0.2) is 9.78 Å². The highest BCUT2D eigenvalue weighted by molar-refractivity contribution is 7.13. The van der Waals surface area contributed by atoms with Crippen LogP contribution in [0.4, 0.5) is 0 Å². The Morgan fingerprint density at radius 2 is 2.08 bits per heavy atom. The van der Waals surface area contributed by atoms with Crippen LogP contribution < -0.4 is 5.32 Å². The fraction of sp³-hybridized carbons (Fsp3) is 0.316. The van der Waals surface area contributed by atoms with Gasteiger partial charge in [0.15, 0.2) is 0 Å². The van der Waals surface area contributed by atoms with Crippen molar-refractivity contribution in [1.29, 1.82) is 0 Å². The van der Waals surface area contributed by atoms with Crippen LogP contribution in [0, 0.1) is 0 Å². The summed E-state index contributed by atoms with van der Waals surface area (Å²) >= 11 is 1.48. The number of aliphatic carboxylic acids is 1. The summed E-state index contributed by atoms with van der Waals surface area (Å²) in [6, 6.07) is 7.29. The van der Waals surface area contributed by atoms with Crippen LogP contribution in [0.3, 0.4) is 0 Å². The van der Waals surface area contributed by atoms with Crippen LogP contribution in [-0.4, -0.2) is 28.0 Å². The molecule has 1 aromatic carbocycles. The summed E-state index contributed by atoms with van der Waals surface area (Å²) in [4.78, 5) is 27.7. The minimum atomic E-state index is -1.04. The fourth-order valence-corrected chi connectivity index (χ4v) is 3.18. The smallest absolute Gasteiger partial charge is 0.326 e. The Bertz CT molecular complexity index is 737. The molecule has 2 rings (SSSR count). The summed E-state index contributed by atoms with van der Waals surface area (Å²) in [5.74, 6) is -1.38. The van der Waals surface area contributed by atoms with E-state index in [2.05, 4.69) is 35.9 Å². The maximum Gasteiger partial charge on any atom is 0.326 e. The summed E-state index contributed by atoms with van der Waals surface area (Å²) in [7, 11) is 0. The number of carboxylic acids is 1. The molecule has 0 fully saturated rings. The fourth-order valence-electron chi connectivity index (χ4n) is 2.36. The first-order valence-corrected chi connectivity index (χ1v) is 9.08. The van der Waals surface area contributed by atoms with Crippen LogP contribution in [0.25, 0.3) is 10.6 Å². The van der Waals surface area contributed by atoms with Crippen molar-refractivity contribution in [3.63, 3.8) is 0 Å². The molecule has 0 aliphatic rings. The van der Waals surface area contributed by atoms with Gasteiger partial charge in [-0.3, -0.25) is 4.79 Å². The third kappa shape index (κ3) is 5.53. The topological polar surface area (TPSA) is 79.3 Å². The molecule has 1 heterocycles. The number of nitrogens with zero attached hydrogens (tertiary/aromatic N) is 1. The molecule has 1 atom stereocenters. The second-order valence-electron chi connectivity index (χ2n) is 5.70. The number of benzene rings is 1. The highest BCUT2D eigenvalue weighted by Crippen LogP contribution is 2.24. The largest absolute Gasteiger partial charge is 0.480 e. The van der Waals surface area contributed by atoms with Gasteiger partial charge in [0, 0.05) is 10.9 Å². The zero-order valence-corrected chi connectivity index (χ0v) is 15.0. The van der Waals surface area contributed by atoms with Gasteiger partial charge >= 0.3 is 5.97 Å². The van der Waals surface area contributed by atoms with Crippen molar-refractivity contribution in [3.8, 4) is 10.6 Å². The number of rotatable bonds is 9. The summed E-state index contributed by atoms with van der Waals surface area (Å²) in [5.41, 5.74) is 2.92. The van der Waals surface area contributed by atoms with E-state index in [9.17, 15) is 9.59 Å². The van der Waals surface area contributed by atoms with E-state index >= 15 is 0 Å². The van der Waals surface area contributed by atoms with E-state index in [4.69, 9.17) is 5.11 Å². The van der Waals surface area contributed by atoms with Gasteiger partial charge in [0.2, 0.25) is 5.91 Å². The zero-order valence-electron chi connectivity index (χ0n) is 14.2. The number of aryl methyl sites for hydroxylation is 1. The lowest BCUT2D eigenvalue weighted by Crippen LogP contribution is -2.41. The molecule has 5 nitrogen and oxygen atoms in total. The SMILES string of the molecule is C=CCCC(NC(=O)Cc1csc(-c2ccc(CC)cc2)n1)C(=O)O. The third-order valence-corrected chi connectivity index (χ3v) is 4.74. The number of thiazole rings is 1. The van der Waals surface area contributed by atoms with Gasteiger partial charge in [0.1, 0.15) is 11.0 Å². The minimum Gasteiger partial charge on any atom is -0.480 e. The molecule has 0 saturated carbocycles. The monoisotopic (exact) mass is 358 g/mol. The first-order chi connectivity index (χ1) is 12.0. The van der Waals surface area contributed by atoms with Crippen LogP contribution in [0.15, 0.2) is 42.3 Å². The van der Waals surface area contributed by atoms with Gasteiger partial charge in [0.25, 0.3) is 0 Å². The third-order valence-electron chi connectivity index (χ3n) is 3.80. The van der Waals surface area contributed by atoms with E-state index in [0.29, 0.717) is 18.5 Å². The number of carbonyl (C=O) groups excluding carboxylic acids is 1. The maximum atomic E-state index is 12.1. The van der Waals surface area contributed by atoms with E-state index < -0.39 is 12.0 Å². The molecule has 25 heavy (non-hydrogen) atoms. The Hall–Kier alpha value is -2.47. The molecular weight excluding hydrogens is 336 g/mol. The molecule has 0 radical (unpaired) electrons. The number of carbonyl (C=O) groups is 2. The van der Waals surface area contributed by atoms with Gasteiger partial charge in [-0.2, -0.15) is 0 Å². The number of aromatic nitrogens is 1. The molecule has 0 spiro atoms. The zero-order chi connectivity index (χ0) is 18.2. The molecule has 1 unspecified atom stereocenters. The number of hydrogen-bond donors (Lipinski definition) is 2. The van der Waals surface area contributed by atoms with Crippen molar-refractivity contribution in [3.05, 3.63) is 53.6 Å². The normalized spacial score (nSPS) is 11.7. The summed E-state index contributed by atoms with van der Waals surface area (Å²) in [5, 5.41) is 14.4. The molecule has 1 amide bonds. The Kier molecular flexibility index (Phi) is 6.89. The predicted molar refractivity (Wildman–Crippen MR) is 99.6 cm³/mol. The van der Waals surface area contributed by atoms with Gasteiger partial charge < -0.3 is 10.4 Å². The lowest BCUT2D eigenvalue weighted by molar-refractivity contribution is -0.141. The first kappa shape index (κ1) is 18.9. The van der Waals surface area contributed by atoms with E-state index in [1.165, 1.54) is 16.9 Å². The van der Waals surface area contributed by atoms with Gasteiger partial charge in [-0.05, 0) is 24.8 Å². The molecule has 0 aliphatic heterocycles. The maximum absolute atomic E-state index is 12.1. The second-order valence-corrected chi connectivity index (χ2v) is 6.55. The van der Waals surface area contributed by atoms with Crippen LogP contribution in [0.1, 0.15) is 31.0 Å². The van der Waals surface area contributed by atoms with E-state index in [-0.39, 0.29) is 12.3 Å². The Morgan fingerprint density at radius 3 is 2.68 bits per heavy atom. The average Bonchev–Trinajstić information content (AvgIpc) is 3.06. The molecule has 0 bridgehead atoms. The number of hydrogen-bond acceptors (Lipinski definition) is 4. The van der Waals surface area contributed by atoms with Crippen molar-refractivity contribution in [2.75, 3.05) is 0 Å². The van der Waals surface area contributed by atoms with Gasteiger partial charge in [-0.1, -0.05) is 37.3 Å². The average molecular weight is 358 g/mol. The highest BCUT2D eigenvalue weighted by Gasteiger charge is 2.19. The van der Waals surface area contributed by atoms with E-state index in [1.807, 2.05) is 17.5 Å². The molecule has 132 valence electrons. The van der Waals surface area contributed by atoms with Gasteiger partial charge in [-0.15, -0.1) is 17.9 Å². The summed E-state index contributed by atoms with van der Waals surface area (Å²) < 4.78 is 0. The lowest BCUT2D eigenvalue weighted by Gasteiger charge is -2.12. The molecule has 6 heteroatoms. The predicted octanol–water partition coefficient (Wildman–Crippen LogP) is 3.45. The van der Waals surface area contributed by atoms with Crippen molar-refractivity contribution in [1.82, 2.24) is 10.3 Å². The van der Waals surface area contributed by atoms with Crippen molar-refractivity contribution >= 4 is 23.2 Å². The lowest BCUT2D eigenvalue weighted by atomic mass is 10.1. The van der Waals surface area contributed by atoms with Crippen molar-refractivity contribution < 1.29 is 14.7 Å². The number of amides is 1. The summed E-state index contributed by atoms with van der Waals surface area (Å²) in [6.45, 7) is 5.67. The van der Waals surface area contributed by atoms with Crippen LogP contribution >= 0.6 is 11.3 Å². The Balaban J connectivity index is 1.98. The first-order valence-electron chi connectivity index (χ1n) is 8.20. The van der Waals surface area contributed by atoms with Crippen LogP contribution in [0.2, 0.25) is 0 Å². The Morgan fingerprint density at radius 1 is 1.36 bits per heavy atom. The van der Waals surface area contributed by atoms with E-state index in [0.717, 1.165) is 17.0 Å². The molecule has 1 aromatic heterocycles.